The van der Waals surface area contributed by atoms with Gasteiger partial charge in [-0.25, -0.2) is 25.8 Å². The third-order valence-corrected chi connectivity index (χ3v) is 9.95. The molecule has 334 valence electrons. The van der Waals surface area contributed by atoms with Gasteiger partial charge in [-0.05, 0) is 26.7 Å². The zero-order valence-corrected chi connectivity index (χ0v) is 35.1. The first-order valence-electron chi connectivity index (χ1n) is 19.0. The number of aromatic nitrogens is 4. The Balaban J connectivity index is 0.000000334. The number of carbonyl (C=O) groups excluding carboxylic acids is 2. The van der Waals surface area contributed by atoms with Gasteiger partial charge < -0.3 is 47.4 Å². The Morgan fingerprint density at radius 3 is 1.79 bits per heavy atom. The summed E-state index contributed by atoms with van der Waals surface area (Å²) in [5.41, 5.74) is -1.80. The fourth-order valence-corrected chi connectivity index (χ4v) is 6.86. The maximum atomic E-state index is 12.5. The molecule has 61 heavy (non-hydrogen) atoms. The van der Waals surface area contributed by atoms with Crippen LogP contribution in [0.1, 0.15) is 63.1 Å². The van der Waals surface area contributed by atoms with E-state index in [4.69, 9.17) is 54.6 Å². The van der Waals surface area contributed by atoms with E-state index < -0.39 is 92.1 Å². The Labute approximate surface area is 350 Å². The predicted molar refractivity (Wildman–Crippen MR) is 211 cm³/mol. The molecule has 2 fully saturated rings. The molecule has 0 spiro atoms. The lowest BCUT2D eigenvalue weighted by Crippen LogP contribution is -2.42. The molecule has 5 N–H and O–H groups in total. The molecule has 0 bridgehead atoms. The van der Waals surface area contributed by atoms with Crippen molar-refractivity contribution < 1.29 is 52.2 Å². The van der Waals surface area contributed by atoms with Crippen LogP contribution in [0.2, 0.25) is 0 Å². The second kappa shape index (κ2) is 25.3. The minimum atomic E-state index is -1.40. The Bertz CT molecular complexity index is 2120. The Kier molecular flexibility index (Phi) is 20.7. The maximum absolute atomic E-state index is 12.5. The van der Waals surface area contributed by atoms with Crippen molar-refractivity contribution in [1.29, 1.82) is 10.5 Å². The largest absolute Gasteiger partial charge is 0.448 e. The zero-order valence-electron chi connectivity index (χ0n) is 34.2. The van der Waals surface area contributed by atoms with E-state index in [-0.39, 0.29) is 52.7 Å². The number of hydrogen-bond acceptors (Lipinski definition) is 17. The second-order valence-electron chi connectivity index (χ2n) is 13.1. The van der Waals surface area contributed by atoms with Crippen LogP contribution in [-0.4, -0.2) is 120 Å². The zero-order chi connectivity index (χ0) is 45.1. The smallest absolute Gasteiger partial charge is 0.408 e. The summed E-state index contributed by atoms with van der Waals surface area (Å²) in [7, 11) is -1.40. The van der Waals surface area contributed by atoms with Crippen molar-refractivity contribution in [2.45, 2.75) is 102 Å². The molecule has 4 rings (SSSR count). The normalized spacial score (nSPS) is 23.3. The minimum absolute atomic E-state index is 0.0515. The highest BCUT2D eigenvalue weighted by Crippen LogP contribution is 2.43. The predicted octanol–water partition coefficient (Wildman–Crippen LogP) is 0.894. The molecule has 5 unspecified atom stereocenters. The van der Waals surface area contributed by atoms with Crippen molar-refractivity contribution in [1.82, 2.24) is 29.7 Å². The molecule has 0 radical (unpaired) electrons. The SMILES string of the molecule is CC[C@H]1O[C@@H](n2cc(C)c(=O)[nH]c2=O)C(OCNC(=O)OCCC#N)C1O.[C-]#[N+]CCOP(C)OC1C(OCNC(=O)OCCC#N)[C@H](n2cc(C)c(=O)[nH]c2=O)O[C@@H]1CC. The average Bonchev–Trinajstić information content (AvgIpc) is 3.73. The average molecular weight is 880 g/mol. The molecule has 24 nitrogen and oxygen atoms in total. The number of ether oxygens (including phenoxy) is 6. The molecular weight excluding hydrogens is 829 g/mol. The number of hydrogen-bond donors (Lipinski definition) is 5. The molecule has 2 aliphatic rings. The maximum Gasteiger partial charge on any atom is 0.408 e. The summed E-state index contributed by atoms with van der Waals surface area (Å²) in [6.07, 6.45) is -4.26. The van der Waals surface area contributed by atoms with Crippen LogP contribution < -0.4 is 33.1 Å². The summed E-state index contributed by atoms with van der Waals surface area (Å²) < 4.78 is 46.8. The number of nitrogens with one attached hydrogen (secondary N) is 4. The van der Waals surface area contributed by atoms with Gasteiger partial charge in [0.1, 0.15) is 57.7 Å². The summed E-state index contributed by atoms with van der Waals surface area (Å²) in [4.78, 5) is 78.9. The number of amides is 2. The van der Waals surface area contributed by atoms with Crippen LogP contribution in [0.25, 0.3) is 4.85 Å². The molecule has 2 amide bonds. The molecule has 2 saturated heterocycles. The van der Waals surface area contributed by atoms with Crippen LogP contribution in [-0.2, 0) is 37.5 Å². The first kappa shape index (κ1) is 49.9. The number of aryl methyl sites for hydroxylation is 2. The van der Waals surface area contributed by atoms with Crippen LogP contribution in [0.15, 0.2) is 31.6 Å². The molecule has 0 aromatic carbocycles. The van der Waals surface area contributed by atoms with E-state index in [2.05, 4.69) is 25.4 Å². The van der Waals surface area contributed by atoms with Crippen molar-refractivity contribution >= 4 is 20.6 Å². The Morgan fingerprint density at radius 1 is 0.836 bits per heavy atom. The van der Waals surface area contributed by atoms with E-state index in [1.54, 1.807) is 20.5 Å². The van der Waals surface area contributed by atoms with Gasteiger partial charge in [0.25, 0.3) is 11.1 Å². The Hall–Kier alpha value is -5.48. The van der Waals surface area contributed by atoms with Gasteiger partial charge in [-0.3, -0.25) is 39.3 Å². The van der Waals surface area contributed by atoms with E-state index >= 15 is 0 Å². The van der Waals surface area contributed by atoms with Crippen LogP contribution in [0.5, 0.6) is 0 Å². The quantitative estimate of drug-likeness (QED) is 0.0566. The van der Waals surface area contributed by atoms with Gasteiger partial charge in [0.05, 0.1) is 37.2 Å². The van der Waals surface area contributed by atoms with Gasteiger partial charge in [-0.2, -0.15) is 10.5 Å². The number of alkyl carbamates (subject to hydrolysis) is 2. The summed E-state index contributed by atoms with van der Waals surface area (Å²) in [5.74, 6) is 0. The number of aliphatic hydroxyl groups excluding tert-OH is 1. The van der Waals surface area contributed by atoms with Crippen molar-refractivity contribution in [2.24, 2.45) is 0 Å². The molecule has 0 saturated carbocycles. The van der Waals surface area contributed by atoms with Crippen molar-refractivity contribution in [3.05, 3.63) is 76.6 Å². The first-order valence-corrected chi connectivity index (χ1v) is 20.6. The fourth-order valence-electron chi connectivity index (χ4n) is 5.87. The number of carbonyl (C=O) groups is 2. The summed E-state index contributed by atoms with van der Waals surface area (Å²) in [6.45, 7) is 15.1. The van der Waals surface area contributed by atoms with Gasteiger partial charge in [0, 0.05) is 30.2 Å². The van der Waals surface area contributed by atoms with Gasteiger partial charge >= 0.3 is 23.6 Å². The molecule has 2 aromatic heterocycles. The third kappa shape index (κ3) is 14.6. The highest BCUT2D eigenvalue weighted by Gasteiger charge is 2.48. The topological polar surface area (TPSA) is 314 Å². The van der Waals surface area contributed by atoms with Crippen molar-refractivity contribution in [2.75, 3.05) is 46.5 Å². The van der Waals surface area contributed by atoms with Gasteiger partial charge in [0.2, 0.25) is 6.54 Å². The molecule has 4 heterocycles. The summed E-state index contributed by atoms with van der Waals surface area (Å²) in [5, 5.41) is 32.1. The van der Waals surface area contributed by atoms with Crippen LogP contribution in [0.3, 0.4) is 0 Å². The van der Waals surface area contributed by atoms with Gasteiger partial charge in [0.15, 0.2) is 20.8 Å². The van der Waals surface area contributed by atoms with Gasteiger partial charge in [-0.1, -0.05) is 13.8 Å². The van der Waals surface area contributed by atoms with Crippen LogP contribution in [0.4, 0.5) is 9.59 Å². The molecule has 2 aromatic rings. The van der Waals surface area contributed by atoms with E-state index in [1.807, 2.05) is 19.1 Å². The molecule has 25 heteroatoms. The van der Waals surface area contributed by atoms with Crippen LogP contribution >= 0.6 is 8.38 Å². The Morgan fingerprint density at radius 2 is 1.31 bits per heavy atom. The highest BCUT2D eigenvalue weighted by molar-refractivity contribution is 7.46. The first-order chi connectivity index (χ1) is 29.2. The van der Waals surface area contributed by atoms with Gasteiger partial charge in [-0.15, -0.1) is 0 Å². The van der Waals surface area contributed by atoms with E-state index in [9.17, 15) is 33.9 Å². The van der Waals surface area contributed by atoms with Crippen molar-refractivity contribution in [3.63, 3.8) is 0 Å². The minimum Gasteiger partial charge on any atom is -0.448 e. The van der Waals surface area contributed by atoms with Crippen molar-refractivity contribution in [3.8, 4) is 12.1 Å². The lowest BCUT2D eigenvalue weighted by Gasteiger charge is -2.27. The van der Waals surface area contributed by atoms with E-state index in [0.717, 1.165) is 4.57 Å². The number of nitriles is 2. The van der Waals surface area contributed by atoms with Crippen LogP contribution in [0, 0.1) is 43.1 Å². The summed E-state index contributed by atoms with van der Waals surface area (Å²) in [6, 6.07) is 3.70. The lowest BCUT2D eigenvalue weighted by atomic mass is 10.1. The fraction of sp³-hybridized carbons (Fsp3) is 0.639. The van der Waals surface area contributed by atoms with E-state index in [1.165, 1.54) is 23.9 Å². The number of rotatable bonds is 19. The summed E-state index contributed by atoms with van der Waals surface area (Å²) >= 11 is 0. The van der Waals surface area contributed by atoms with E-state index in [0.29, 0.717) is 24.0 Å². The number of aromatic amines is 2. The second-order valence-corrected chi connectivity index (χ2v) is 14.5. The molecule has 0 aliphatic carbocycles. The standard InChI is InChI=1S/C20H28N5O8P.C16H22N4O7/c1-5-14-15(33-34(4)31-10-8-22-3)16(30-12-23-20(28)29-9-6-7-21)18(32-14)25-11-13(2)17(26)24-19(25)27;1-3-10-11(21)12(26-8-18-16(24)25-6-4-5-17)14(27-10)20-7-9(2)13(22)19-15(20)23/h11,14-16,18H,5-6,8-10,12H2,1-2,4H3,(H,23,28)(H,24,26,27);7,10-12,14,21H,3-4,6,8H2,1-2H3,(H,18,24)(H,19,22,23)/t14-,15?,16?,18-,34?;10-,11?,12?,14-/m11/s1. The number of H-pyrrole nitrogens is 2. The number of aliphatic hydroxyl groups is 1. The third-order valence-electron chi connectivity index (χ3n) is 8.87. The lowest BCUT2D eigenvalue weighted by molar-refractivity contribution is -0.0745. The highest BCUT2D eigenvalue weighted by atomic mass is 31.2. The number of nitrogens with zero attached hydrogens (tertiary/aromatic N) is 5. The molecule has 9 atom stereocenters. The molecule has 2 aliphatic heterocycles. The molecular formula is C36H50N9O15P. The monoisotopic (exact) mass is 879 g/mol.